The Labute approximate surface area is 112 Å². The summed E-state index contributed by atoms with van der Waals surface area (Å²) in [6.07, 6.45) is -0.327. The van der Waals surface area contributed by atoms with Gasteiger partial charge in [-0.25, -0.2) is 0 Å². The van der Waals surface area contributed by atoms with Crippen LogP contribution in [0.5, 0.6) is 0 Å². The van der Waals surface area contributed by atoms with Gasteiger partial charge in [-0.15, -0.1) is 0 Å². The molecule has 1 aromatic heterocycles. The van der Waals surface area contributed by atoms with E-state index in [1.165, 1.54) is 0 Å². The molecule has 0 aliphatic heterocycles. The largest absolute Gasteiger partial charge is 0.369 e. The van der Waals surface area contributed by atoms with Crippen molar-refractivity contribution < 1.29 is 9.26 Å². The normalized spacial score (nSPS) is 13.5. The Morgan fingerprint density at radius 3 is 2.58 bits per heavy atom. The number of methoxy groups -OCH3 is 1. The summed E-state index contributed by atoms with van der Waals surface area (Å²) < 4.78 is 10.8. The third kappa shape index (κ3) is 2.83. The molecule has 1 aromatic carbocycles. The summed E-state index contributed by atoms with van der Waals surface area (Å²) >= 11 is 0. The molecule has 0 saturated carbocycles. The van der Waals surface area contributed by atoms with Gasteiger partial charge in [0.1, 0.15) is 6.10 Å². The summed E-state index contributed by atoms with van der Waals surface area (Å²) in [7, 11) is 1.63. The molecule has 19 heavy (non-hydrogen) atoms. The van der Waals surface area contributed by atoms with E-state index < -0.39 is 0 Å². The molecule has 102 valence electrons. The maximum atomic E-state index is 5.71. The lowest BCUT2D eigenvalue weighted by atomic mass is 9.94. The van der Waals surface area contributed by atoms with Crippen LogP contribution in [0.1, 0.15) is 37.2 Å². The predicted molar refractivity (Wildman–Crippen MR) is 71.7 cm³/mol. The lowest BCUT2D eigenvalue weighted by Crippen LogP contribution is -2.28. The highest BCUT2D eigenvalue weighted by Gasteiger charge is 2.28. The van der Waals surface area contributed by atoms with E-state index in [9.17, 15) is 0 Å². The second kappa shape index (κ2) is 5.50. The van der Waals surface area contributed by atoms with Crippen molar-refractivity contribution >= 4 is 0 Å². The second-order valence-corrected chi connectivity index (χ2v) is 5.07. The van der Waals surface area contributed by atoms with Crippen LogP contribution in [0.4, 0.5) is 0 Å². The Morgan fingerprint density at radius 1 is 1.32 bits per heavy atom. The first-order valence-electron chi connectivity index (χ1n) is 6.20. The van der Waals surface area contributed by atoms with Gasteiger partial charge in [0, 0.05) is 13.7 Å². The number of aromatic nitrogens is 2. The van der Waals surface area contributed by atoms with Crippen LogP contribution in [0.3, 0.4) is 0 Å². The van der Waals surface area contributed by atoms with Gasteiger partial charge in [-0.1, -0.05) is 35.5 Å². The van der Waals surface area contributed by atoms with Gasteiger partial charge in [0.25, 0.3) is 0 Å². The van der Waals surface area contributed by atoms with Crippen LogP contribution in [-0.4, -0.2) is 23.8 Å². The molecule has 2 aromatic rings. The van der Waals surface area contributed by atoms with E-state index in [-0.39, 0.29) is 11.5 Å². The van der Waals surface area contributed by atoms with E-state index >= 15 is 0 Å². The van der Waals surface area contributed by atoms with Crippen molar-refractivity contribution in [3.05, 3.63) is 47.6 Å². The first-order chi connectivity index (χ1) is 9.08. The Morgan fingerprint density at radius 2 is 2.00 bits per heavy atom. The summed E-state index contributed by atoms with van der Waals surface area (Å²) in [6.45, 7) is 4.38. The molecular weight excluding hydrogens is 242 g/mol. The van der Waals surface area contributed by atoms with Crippen molar-refractivity contribution in [3.63, 3.8) is 0 Å². The summed E-state index contributed by atoms with van der Waals surface area (Å²) in [4.78, 5) is 4.42. The molecule has 0 aliphatic carbocycles. The first-order valence-corrected chi connectivity index (χ1v) is 6.20. The molecule has 1 atom stereocenters. The monoisotopic (exact) mass is 261 g/mol. The van der Waals surface area contributed by atoms with Crippen LogP contribution in [-0.2, 0) is 10.2 Å². The zero-order valence-corrected chi connectivity index (χ0v) is 11.5. The van der Waals surface area contributed by atoms with E-state index in [0.29, 0.717) is 18.3 Å². The minimum Gasteiger partial charge on any atom is -0.369 e. The van der Waals surface area contributed by atoms with Gasteiger partial charge >= 0.3 is 0 Å². The van der Waals surface area contributed by atoms with Gasteiger partial charge in [0.05, 0.1) is 5.41 Å². The highest BCUT2D eigenvalue weighted by Crippen LogP contribution is 2.26. The molecule has 2 N–H and O–H groups in total. The third-order valence-corrected chi connectivity index (χ3v) is 3.10. The maximum Gasteiger partial charge on any atom is 0.233 e. The average Bonchev–Trinajstić information content (AvgIpc) is 2.91. The summed E-state index contributed by atoms with van der Waals surface area (Å²) in [5.74, 6) is 1.05. The Bertz CT molecular complexity index is 522. The molecule has 0 fully saturated rings. The molecular formula is C14H19N3O2. The Kier molecular flexibility index (Phi) is 3.97. The number of benzene rings is 1. The van der Waals surface area contributed by atoms with Gasteiger partial charge in [0.2, 0.25) is 11.7 Å². The Hall–Kier alpha value is -1.72. The quantitative estimate of drug-likeness (QED) is 0.891. The number of nitrogens with two attached hydrogens (primary N) is 1. The number of hydrogen-bond donors (Lipinski definition) is 1. The van der Waals surface area contributed by atoms with Gasteiger partial charge in [-0.3, -0.25) is 0 Å². The molecule has 0 saturated heterocycles. The highest BCUT2D eigenvalue weighted by atomic mass is 16.5. The molecule has 2 rings (SSSR count). The van der Waals surface area contributed by atoms with Crippen LogP contribution in [0, 0.1) is 0 Å². The molecule has 5 heteroatoms. The molecule has 0 radical (unpaired) electrons. The molecule has 5 nitrogen and oxygen atoms in total. The summed E-state index contributed by atoms with van der Waals surface area (Å²) in [5.41, 5.74) is 6.36. The third-order valence-electron chi connectivity index (χ3n) is 3.10. The molecule has 0 aliphatic rings. The van der Waals surface area contributed by atoms with Crippen LogP contribution in [0.15, 0.2) is 34.9 Å². The first kappa shape index (κ1) is 13.7. The number of ether oxygens (including phenoxy) is 1. The summed E-state index contributed by atoms with van der Waals surface area (Å²) in [6, 6.07) is 9.80. The van der Waals surface area contributed by atoms with Crippen molar-refractivity contribution in [1.82, 2.24) is 10.1 Å². The summed E-state index contributed by atoms with van der Waals surface area (Å²) in [5, 5.41) is 4.01. The van der Waals surface area contributed by atoms with Gasteiger partial charge < -0.3 is 15.0 Å². The zero-order chi connectivity index (χ0) is 13.9. The van der Waals surface area contributed by atoms with Crippen LogP contribution in [0.25, 0.3) is 0 Å². The number of rotatable bonds is 5. The smallest absolute Gasteiger partial charge is 0.233 e. The Balaban J connectivity index is 2.31. The van der Waals surface area contributed by atoms with E-state index in [0.717, 1.165) is 5.56 Å². The highest BCUT2D eigenvalue weighted by molar-refractivity contribution is 5.23. The van der Waals surface area contributed by atoms with E-state index in [1.54, 1.807) is 7.11 Å². The standard InChI is InChI=1S/C14H19N3O2/c1-14(2,9-15)13-16-12(17-19-13)11(18-3)10-7-5-4-6-8-10/h4-8,11H,9,15H2,1-3H3. The minimum absolute atomic E-state index is 0.327. The fraction of sp³-hybridized carbons (Fsp3) is 0.429. The van der Waals surface area contributed by atoms with Crippen molar-refractivity contribution in [1.29, 1.82) is 0 Å². The topological polar surface area (TPSA) is 74.2 Å². The molecule has 0 bridgehead atoms. The van der Waals surface area contributed by atoms with Crippen molar-refractivity contribution in [3.8, 4) is 0 Å². The van der Waals surface area contributed by atoms with Crippen molar-refractivity contribution in [2.75, 3.05) is 13.7 Å². The molecule has 1 unspecified atom stereocenters. The lowest BCUT2D eigenvalue weighted by molar-refractivity contribution is 0.126. The van der Waals surface area contributed by atoms with Crippen LogP contribution in [0.2, 0.25) is 0 Å². The molecule has 1 heterocycles. The number of nitrogens with zero attached hydrogens (tertiary/aromatic N) is 2. The van der Waals surface area contributed by atoms with Crippen LogP contribution < -0.4 is 5.73 Å². The average molecular weight is 261 g/mol. The van der Waals surface area contributed by atoms with E-state index in [2.05, 4.69) is 10.1 Å². The van der Waals surface area contributed by atoms with Crippen LogP contribution >= 0.6 is 0 Å². The minimum atomic E-state index is -0.333. The van der Waals surface area contributed by atoms with Gasteiger partial charge in [-0.05, 0) is 19.4 Å². The number of hydrogen-bond acceptors (Lipinski definition) is 5. The fourth-order valence-electron chi connectivity index (χ4n) is 1.72. The van der Waals surface area contributed by atoms with Gasteiger partial charge in [0.15, 0.2) is 0 Å². The van der Waals surface area contributed by atoms with E-state index in [1.807, 2.05) is 44.2 Å². The lowest BCUT2D eigenvalue weighted by Gasteiger charge is -2.16. The van der Waals surface area contributed by atoms with Gasteiger partial charge in [-0.2, -0.15) is 4.98 Å². The zero-order valence-electron chi connectivity index (χ0n) is 11.5. The molecule has 0 amide bonds. The second-order valence-electron chi connectivity index (χ2n) is 5.07. The van der Waals surface area contributed by atoms with E-state index in [4.69, 9.17) is 15.0 Å². The van der Waals surface area contributed by atoms with Crippen molar-refractivity contribution in [2.24, 2.45) is 5.73 Å². The maximum absolute atomic E-state index is 5.71. The fourth-order valence-corrected chi connectivity index (χ4v) is 1.72. The SMILES string of the molecule is COC(c1ccccc1)c1noc(C(C)(C)CN)n1. The van der Waals surface area contributed by atoms with Crippen molar-refractivity contribution in [2.45, 2.75) is 25.4 Å². The molecule has 0 spiro atoms. The predicted octanol–water partition coefficient (Wildman–Crippen LogP) is 2.04.